The molecule has 0 saturated carbocycles. The van der Waals surface area contributed by atoms with Crippen molar-refractivity contribution < 1.29 is 9.53 Å². The summed E-state index contributed by atoms with van der Waals surface area (Å²) in [6.07, 6.45) is -0.393. The molecule has 5 heteroatoms. The minimum atomic E-state index is -0.475. The summed E-state index contributed by atoms with van der Waals surface area (Å²) in [5.41, 5.74) is 0.681. The van der Waals surface area contributed by atoms with Crippen LogP contribution in [0.5, 0.6) is 0 Å². The number of benzene rings is 1. The van der Waals surface area contributed by atoms with Gasteiger partial charge in [-0.2, -0.15) is 0 Å². The highest BCUT2D eigenvalue weighted by Crippen LogP contribution is 2.16. The van der Waals surface area contributed by atoms with E-state index in [9.17, 15) is 4.79 Å². The zero-order valence-corrected chi connectivity index (χ0v) is 14.1. The number of halogens is 1. The first kappa shape index (κ1) is 17.8. The standard InChI is InChI=1S/C16H25ClN2O2/c1-11(10-18-15(20)21-16(3,4)5)19-12(2)13-6-8-14(17)9-7-13/h6-9,11-12,19H,10H2,1-5H3,(H,18,20)/t11?,12-/m1/s1. The van der Waals surface area contributed by atoms with E-state index < -0.39 is 11.7 Å². The van der Waals surface area contributed by atoms with Gasteiger partial charge in [0, 0.05) is 23.7 Å². The lowest BCUT2D eigenvalue weighted by Crippen LogP contribution is -2.41. The Hall–Kier alpha value is -1.26. The van der Waals surface area contributed by atoms with E-state index in [0.717, 1.165) is 10.6 Å². The van der Waals surface area contributed by atoms with Crippen molar-refractivity contribution in [2.75, 3.05) is 6.54 Å². The van der Waals surface area contributed by atoms with Gasteiger partial charge in [-0.05, 0) is 52.3 Å². The molecule has 1 aromatic rings. The molecule has 0 saturated heterocycles. The summed E-state index contributed by atoms with van der Waals surface area (Å²) in [5.74, 6) is 0. The molecule has 1 unspecified atom stereocenters. The van der Waals surface area contributed by atoms with Crippen LogP contribution in [0, 0.1) is 0 Å². The third kappa shape index (κ3) is 7.34. The molecule has 0 aliphatic heterocycles. The number of alkyl carbamates (subject to hydrolysis) is 1. The van der Waals surface area contributed by atoms with Crippen molar-refractivity contribution in [3.05, 3.63) is 34.9 Å². The van der Waals surface area contributed by atoms with Crippen molar-refractivity contribution >= 4 is 17.7 Å². The van der Waals surface area contributed by atoms with E-state index in [4.69, 9.17) is 16.3 Å². The molecule has 0 fully saturated rings. The van der Waals surface area contributed by atoms with Gasteiger partial charge in [-0.1, -0.05) is 23.7 Å². The van der Waals surface area contributed by atoms with Crippen LogP contribution in [0.25, 0.3) is 0 Å². The van der Waals surface area contributed by atoms with Gasteiger partial charge in [-0.3, -0.25) is 0 Å². The Kier molecular flexibility index (Phi) is 6.49. The minimum Gasteiger partial charge on any atom is -0.444 e. The van der Waals surface area contributed by atoms with Gasteiger partial charge in [-0.15, -0.1) is 0 Å². The summed E-state index contributed by atoms with van der Waals surface area (Å²) in [6.45, 7) is 10.1. The van der Waals surface area contributed by atoms with Gasteiger partial charge in [0.05, 0.1) is 0 Å². The molecule has 0 aliphatic carbocycles. The van der Waals surface area contributed by atoms with Crippen molar-refractivity contribution in [1.82, 2.24) is 10.6 Å². The highest BCUT2D eigenvalue weighted by Gasteiger charge is 2.17. The van der Waals surface area contributed by atoms with Crippen molar-refractivity contribution in [3.63, 3.8) is 0 Å². The fourth-order valence-corrected chi connectivity index (χ4v) is 2.01. The molecule has 0 heterocycles. The van der Waals surface area contributed by atoms with Gasteiger partial charge in [0.1, 0.15) is 5.60 Å². The Bertz CT molecular complexity index is 454. The number of carbonyl (C=O) groups excluding carboxylic acids is 1. The van der Waals surface area contributed by atoms with Crippen LogP contribution in [0.4, 0.5) is 4.79 Å². The van der Waals surface area contributed by atoms with Gasteiger partial charge in [0.25, 0.3) is 0 Å². The highest BCUT2D eigenvalue weighted by atomic mass is 35.5. The largest absolute Gasteiger partial charge is 0.444 e. The number of amides is 1. The monoisotopic (exact) mass is 312 g/mol. The lowest BCUT2D eigenvalue weighted by Gasteiger charge is -2.23. The summed E-state index contributed by atoms with van der Waals surface area (Å²) < 4.78 is 5.20. The highest BCUT2D eigenvalue weighted by molar-refractivity contribution is 6.30. The molecular weight excluding hydrogens is 288 g/mol. The van der Waals surface area contributed by atoms with Crippen molar-refractivity contribution in [2.45, 2.75) is 52.3 Å². The Morgan fingerprint density at radius 2 is 1.81 bits per heavy atom. The molecule has 0 bridgehead atoms. The Balaban J connectivity index is 2.38. The number of carbonyl (C=O) groups is 1. The Labute approximate surface area is 132 Å². The number of ether oxygens (including phenoxy) is 1. The predicted octanol–water partition coefficient (Wildman–Crippen LogP) is 3.90. The van der Waals surface area contributed by atoms with Gasteiger partial charge in [0.15, 0.2) is 0 Å². The zero-order chi connectivity index (χ0) is 16.0. The van der Waals surface area contributed by atoms with Gasteiger partial charge >= 0.3 is 6.09 Å². The maximum atomic E-state index is 11.6. The van der Waals surface area contributed by atoms with Crippen LogP contribution in [-0.4, -0.2) is 24.3 Å². The summed E-state index contributed by atoms with van der Waals surface area (Å²) in [5, 5.41) is 6.91. The van der Waals surface area contributed by atoms with Crippen LogP contribution in [0.1, 0.15) is 46.2 Å². The molecule has 21 heavy (non-hydrogen) atoms. The lowest BCUT2D eigenvalue weighted by molar-refractivity contribution is 0.0522. The molecule has 0 aliphatic rings. The van der Waals surface area contributed by atoms with E-state index in [1.165, 1.54) is 0 Å². The fraction of sp³-hybridized carbons (Fsp3) is 0.562. The number of hydrogen-bond acceptors (Lipinski definition) is 3. The third-order valence-corrected chi connectivity index (χ3v) is 3.11. The van der Waals surface area contributed by atoms with Crippen LogP contribution in [-0.2, 0) is 4.74 Å². The Morgan fingerprint density at radius 3 is 2.33 bits per heavy atom. The zero-order valence-electron chi connectivity index (χ0n) is 13.4. The van der Waals surface area contributed by atoms with Crippen LogP contribution in [0.2, 0.25) is 5.02 Å². The number of nitrogens with one attached hydrogen (secondary N) is 2. The molecule has 0 radical (unpaired) electrons. The quantitative estimate of drug-likeness (QED) is 0.867. The molecule has 1 amide bonds. The summed E-state index contributed by atoms with van der Waals surface area (Å²) >= 11 is 5.88. The van der Waals surface area contributed by atoms with Crippen molar-refractivity contribution in [2.24, 2.45) is 0 Å². The third-order valence-electron chi connectivity index (χ3n) is 2.86. The average Bonchev–Trinajstić information content (AvgIpc) is 2.35. The van der Waals surface area contributed by atoms with Crippen molar-refractivity contribution in [1.29, 1.82) is 0 Å². The second-order valence-corrected chi connectivity index (χ2v) is 6.66. The minimum absolute atomic E-state index is 0.128. The summed E-state index contributed by atoms with van der Waals surface area (Å²) in [7, 11) is 0. The number of hydrogen-bond donors (Lipinski definition) is 2. The second-order valence-electron chi connectivity index (χ2n) is 6.22. The summed E-state index contributed by atoms with van der Waals surface area (Å²) in [4.78, 5) is 11.6. The van der Waals surface area contributed by atoms with Crippen LogP contribution < -0.4 is 10.6 Å². The van der Waals surface area contributed by atoms with Crippen LogP contribution >= 0.6 is 11.6 Å². The Morgan fingerprint density at radius 1 is 1.24 bits per heavy atom. The van der Waals surface area contributed by atoms with E-state index in [0.29, 0.717) is 6.54 Å². The molecule has 1 rings (SSSR count). The molecule has 4 nitrogen and oxygen atoms in total. The fourth-order valence-electron chi connectivity index (χ4n) is 1.88. The first-order valence-corrected chi connectivity index (χ1v) is 7.53. The van der Waals surface area contributed by atoms with Crippen LogP contribution in [0.3, 0.4) is 0 Å². The molecule has 2 atom stereocenters. The van der Waals surface area contributed by atoms with E-state index >= 15 is 0 Å². The second kappa shape index (κ2) is 7.66. The number of rotatable bonds is 5. The normalized spacial score (nSPS) is 14.4. The van der Waals surface area contributed by atoms with E-state index in [1.54, 1.807) is 0 Å². The van der Waals surface area contributed by atoms with Crippen molar-refractivity contribution in [3.8, 4) is 0 Å². The summed E-state index contributed by atoms with van der Waals surface area (Å²) in [6, 6.07) is 8.04. The smallest absolute Gasteiger partial charge is 0.407 e. The first-order chi connectivity index (χ1) is 9.67. The molecular formula is C16H25ClN2O2. The molecule has 0 spiro atoms. The molecule has 1 aromatic carbocycles. The van der Waals surface area contributed by atoms with E-state index in [-0.39, 0.29) is 12.1 Å². The van der Waals surface area contributed by atoms with E-state index in [2.05, 4.69) is 17.6 Å². The average molecular weight is 313 g/mol. The predicted molar refractivity (Wildman–Crippen MR) is 86.7 cm³/mol. The lowest BCUT2D eigenvalue weighted by atomic mass is 10.1. The molecule has 118 valence electrons. The molecule has 0 aromatic heterocycles. The van der Waals surface area contributed by atoms with E-state index in [1.807, 2.05) is 52.0 Å². The van der Waals surface area contributed by atoms with Crippen LogP contribution in [0.15, 0.2) is 24.3 Å². The maximum Gasteiger partial charge on any atom is 0.407 e. The SMILES string of the molecule is CC(CNC(=O)OC(C)(C)C)N[C@H](C)c1ccc(Cl)cc1. The van der Waals surface area contributed by atoms with Gasteiger partial charge in [-0.25, -0.2) is 4.79 Å². The molecule has 2 N–H and O–H groups in total. The van der Waals surface area contributed by atoms with Gasteiger partial charge in [0.2, 0.25) is 0 Å². The maximum absolute atomic E-state index is 11.6. The van der Waals surface area contributed by atoms with Gasteiger partial charge < -0.3 is 15.4 Å². The first-order valence-electron chi connectivity index (χ1n) is 7.16. The topological polar surface area (TPSA) is 50.4 Å².